The molecule has 2 aromatic carbocycles. The minimum absolute atomic E-state index is 0.645. The van der Waals surface area contributed by atoms with Crippen LogP contribution in [0.1, 0.15) is 69.4 Å². The zero-order valence-corrected chi connectivity index (χ0v) is 16.4. The first-order chi connectivity index (χ1) is 13.3. The standard InChI is InChI=1S/C24H30N2O/c1-2-3-4-5-6-7-8-9-18-27-24-16-12-22(13-17-24)20-26-23-14-10-21(19-25)11-15-23/h10-17,20H,2-9,18H2,1H3. The first kappa shape index (κ1) is 20.7. The monoisotopic (exact) mass is 362 g/mol. The predicted molar refractivity (Wildman–Crippen MR) is 113 cm³/mol. The van der Waals surface area contributed by atoms with Crippen LogP contribution in [-0.2, 0) is 0 Å². The first-order valence-electron chi connectivity index (χ1n) is 10.1. The third-order valence-corrected chi connectivity index (χ3v) is 4.51. The fraction of sp³-hybridized carbons (Fsp3) is 0.417. The van der Waals surface area contributed by atoms with Crippen LogP contribution < -0.4 is 4.74 Å². The fourth-order valence-electron chi connectivity index (χ4n) is 2.85. The molecule has 0 saturated heterocycles. The topological polar surface area (TPSA) is 45.4 Å². The van der Waals surface area contributed by atoms with Crippen molar-refractivity contribution in [2.45, 2.75) is 58.3 Å². The molecule has 142 valence electrons. The van der Waals surface area contributed by atoms with Gasteiger partial charge in [-0.1, -0.05) is 51.9 Å². The highest BCUT2D eigenvalue weighted by atomic mass is 16.5. The Bertz CT molecular complexity index is 712. The average molecular weight is 363 g/mol. The molecule has 27 heavy (non-hydrogen) atoms. The molecule has 3 nitrogen and oxygen atoms in total. The van der Waals surface area contributed by atoms with E-state index in [0.29, 0.717) is 5.56 Å². The van der Waals surface area contributed by atoms with Crippen molar-refractivity contribution in [3.8, 4) is 11.8 Å². The number of benzene rings is 2. The van der Waals surface area contributed by atoms with Crippen LogP contribution in [0.2, 0.25) is 0 Å². The van der Waals surface area contributed by atoms with Crippen LogP contribution in [0.4, 0.5) is 5.69 Å². The number of rotatable bonds is 12. The molecule has 0 spiro atoms. The van der Waals surface area contributed by atoms with Crippen molar-refractivity contribution in [2.75, 3.05) is 6.61 Å². The molecule has 0 heterocycles. The maximum Gasteiger partial charge on any atom is 0.119 e. The molecule has 2 rings (SSSR count). The lowest BCUT2D eigenvalue weighted by molar-refractivity contribution is 0.304. The number of ether oxygens (including phenoxy) is 1. The van der Waals surface area contributed by atoms with Crippen LogP contribution >= 0.6 is 0 Å². The third kappa shape index (κ3) is 8.55. The van der Waals surface area contributed by atoms with Crippen molar-refractivity contribution in [1.82, 2.24) is 0 Å². The number of hydrogen-bond acceptors (Lipinski definition) is 3. The van der Waals surface area contributed by atoms with Crippen molar-refractivity contribution in [1.29, 1.82) is 5.26 Å². The summed E-state index contributed by atoms with van der Waals surface area (Å²) in [5, 5.41) is 8.81. The van der Waals surface area contributed by atoms with E-state index in [1.807, 2.05) is 42.6 Å². The first-order valence-corrected chi connectivity index (χ1v) is 10.1. The van der Waals surface area contributed by atoms with E-state index >= 15 is 0 Å². The molecule has 2 aromatic rings. The van der Waals surface area contributed by atoms with Gasteiger partial charge in [-0.05, 0) is 60.5 Å². The van der Waals surface area contributed by atoms with Gasteiger partial charge in [0.1, 0.15) is 5.75 Å². The lowest BCUT2D eigenvalue weighted by Crippen LogP contribution is -1.97. The number of unbranched alkanes of at least 4 members (excludes halogenated alkanes) is 7. The molecule has 3 heteroatoms. The summed E-state index contributed by atoms with van der Waals surface area (Å²) in [5.41, 5.74) is 2.51. The van der Waals surface area contributed by atoms with E-state index in [-0.39, 0.29) is 0 Å². The molecule has 0 unspecified atom stereocenters. The molecular weight excluding hydrogens is 332 g/mol. The highest BCUT2D eigenvalue weighted by molar-refractivity contribution is 5.82. The maximum atomic E-state index is 8.81. The minimum atomic E-state index is 0.645. The van der Waals surface area contributed by atoms with Gasteiger partial charge < -0.3 is 4.74 Å². The SMILES string of the molecule is CCCCCCCCCCOc1ccc(C=Nc2ccc(C#N)cc2)cc1. The fourth-order valence-corrected chi connectivity index (χ4v) is 2.85. The van der Waals surface area contributed by atoms with Gasteiger partial charge in [0.05, 0.1) is 23.9 Å². The average Bonchev–Trinajstić information content (AvgIpc) is 2.72. The van der Waals surface area contributed by atoms with Crippen LogP contribution in [-0.4, -0.2) is 12.8 Å². The largest absolute Gasteiger partial charge is 0.494 e. The number of nitrogens with zero attached hydrogens (tertiary/aromatic N) is 2. The molecule has 0 N–H and O–H groups in total. The van der Waals surface area contributed by atoms with E-state index in [0.717, 1.165) is 30.0 Å². The van der Waals surface area contributed by atoms with Gasteiger partial charge in [0.2, 0.25) is 0 Å². The Morgan fingerprint density at radius 3 is 2.11 bits per heavy atom. The quantitative estimate of drug-likeness (QED) is 0.307. The smallest absolute Gasteiger partial charge is 0.119 e. The van der Waals surface area contributed by atoms with E-state index in [9.17, 15) is 0 Å². The van der Waals surface area contributed by atoms with Gasteiger partial charge in [0.25, 0.3) is 0 Å². The van der Waals surface area contributed by atoms with Crippen LogP contribution in [0.5, 0.6) is 5.75 Å². The second kappa shape index (κ2) is 12.7. The zero-order chi connectivity index (χ0) is 19.2. The molecule has 0 aliphatic rings. The van der Waals surface area contributed by atoms with E-state index < -0.39 is 0 Å². The van der Waals surface area contributed by atoms with Crippen molar-refractivity contribution in [2.24, 2.45) is 4.99 Å². The molecule has 0 saturated carbocycles. The molecule has 0 aliphatic carbocycles. The summed E-state index contributed by atoms with van der Waals surface area (Å²) in [6, 6.07) is 17.3. The minimum Gasteiger partial charge on any atom is -0.494 e. The van der Waals surface area contributed by atoms with Crippen molar-refractivity contribution < 1.29 is 4.74 Å². The Morgan fingerprint density at radius 2 is 1.48 bits per heavy atom. The Kier molecular flexibility index (Phi) is 9.74. The van der Waals surface area contributed by atoms with E-state index in [4.69, 9.17) is 10.00 Å². The summed E-state index contributed by atoms with van der Waals surface area (Å²) in [4.78, 5) is 4.43. The Hall–Kier alpha value is -2.60. The highest BCUT2D eigenvalue weighted by Crippen LogP contribution is 2.15. The van der Waals surface area contributed by atoms with Gasteiger partial charge in [-0.2, -0.15) is 5.26 Å². The lowest BCUT2D eigenvalue weighted by Gasteiger charge is -2.06. The Balaban J connectivity index is 1.64. The van der Waals surface area contributed by atoms with Crippen LogP contribution in [0, 0.1) is 11.3 Å². The molecule has 0 amide bonds. The van der Waals surface area contributed by atoms with E-state index in [1.165, 1.54) is 44.9 Å². The highest BCUT2D eigenvalue weighted by Gasteiger charge is 1.96. The molecule has 0 aliphatic heterocycles. The number of nitriles is 1. The second-order valence-electron chi connectivity index (χ2n) is 6.81. The molecule has 0 fully saturated rings. The summed E-state index contributed by atoms with van der Waals surface area (Å²) < 4.78 is 5.82. The molecular formula is C24H30N2O. The van der Waals surface area contributed by atoms with Gasteiger partial charge in [-0.15, -0.1) is 0 Å². The Labute approximate surface area is 163 Å². The molecule has 0 aromatic heterocycles. The summed E-state index contributed by atoms with van der Waals surface area (Å²) in [6.45, 7) is 3.04. The van der Waals surface area contributed by atoms with Crippen molar-refractivity contribution in [3.63, 3.8) is 0 Å². The Morgan fingerprint density at radius 1 is 0.852 bits per heavy atom. The van der Waals surface area contributed by atoms with Gasteiger partial charge in [-0.25, -0.2) is 0 Å². The van der Waals surface area contributed by atoms with Crippen LogP contribution in [0.3, 0.4) is 0 Å². The summed E-state index contributed by atoms with van der Waals surface area (Å²) in [7, 11) is 0. The van der Waals surface area contributed by atoms with Gasteiger partial charge in [0.15, 0.2) is 0 Å². The lowest BCUT2D eigenvalue weighted by atomic mass is 10.1. The number of hydrogen-bond donors (Lipinski definition) is 0. The number of aliphatic imine (C=N–C) groups is 1. The molecule has 0 atom stereocenters. The van der Waals surface area contributed by atoms with Crippen LogP contribution in [0.25, 0.3) is 0 Å². The van der Waals surface area contributed by atoms with Crippen molar-refractivity contribution in [3.05, 3.63) is 59.7 Å². The molecule has 0 bridgehead atoms. The summed E-state index contributed by atoms with van der Waals surface area (Å²) >= 11 is 0. The predicted octanol–water partition coefficient (Wildman–Crippen LogP) is 6.83. The van der Waals surface area contributed by atoms with Gasteiger partial charge >= 0.3 is 0 Å². The summed E-state index contributed by atoms with van der Waals surface area (Å²) in [6.07, 6.45) is 12.3. The van der Waals surface area contributed by atoms with Gasteiger partial charge in [-0.3, -0.25) is 4.99 Å². The van der Waals surface area contributed by atoms with Crippen molar-refractivity contribution >= 4 is 11.9 Å². The zero-order valence-electron chi connectivity index (χ0n) is 16.4. The summed E-state index contributed by atoms with van der Waals surface area (Å²) in [5.74, 6) is 0.911. The normalized spacial score (nSPS) is 10.8. The third-order valence-electron chi connectivity index (χ3n) is 4.51. The molecule has 0 radical (unpaired) electrons. The van der Waals surface area contributed by atoms with Gasteiger partial charge in [0, 0.05) is 6.21 Å². The maximum absolute atomic E-state index is 8.81. The van der Waals surface area contributed by atoms with Crippen LogP contribution in [0.15, 0.2) is 53.5 Å². The van der Waals surface area contributed by atoms with E-state index in [2.05, 4.69) is 18.0 Å². The van der Waals surface area contributed by atoms with E-state index in [1.54, 1.807) is 12.1 Å². The second-order valence-corrected chi connectivity index (χ2v) is 6.81.